The third kappa shape index (κ3) is 3.34. The molecule has 2 aliphatic carbocycles. The number of hydrogen-bond acceptors (Lipinski definition) is 6. The summed E-state index contributed by atoms with van der Waals surface area (Å²) in [6.45, 7) is 2.40. The number of benzene rings is 2. The fraction of sp³-hybridized carbons (Fsp3) is 0.211. The molecule has 0 bridgehead atoms. The molecule has 0 atom stereocenters. The second-order valence-electron chi connectivity index (χ2n) is 6.48. The highest BCUT2D eigenvalue weighted by Gasteiger charge is 2.22. The van der Waals surface area contributed by atoms with Gasteiger partial charge in [-0.25, -0.2) is 9.97 Å². The first kappa shape index (κ1) is 18.1. The first-order chi connectivity index (χ1) is 13.6. The number of aromatic nitrogens is 2. The number of amides is 1. The SMILES string of the molecule is O=CN1CCN(c2ncnc3cc(Cl)c([N+](=O)[O-])cc23)CC1.c1cc2ccc1-2. The molecular weight excluding hydrogens is 382 g/mol. The standard InChI is InChI=1S/C13H12ClN5O3.C6H4/c14-10-6-11-9(5-12(10)19(21)22)13(16-7-15-11)18-3-1-17(8-20)2-4-18;1-2-6-4-3-5(1)6/h5-8H,1-4H2;1-4H. The van der Waals surface area contributed by atoms with Crippen LogP contribution in [-0.4, -0.2) is 52.4 Å². The van der Waals surface area contributed by atoms with E-state index in [1.54, 1.807) is 4.90 Å². The minimum atomic E-state index is -0.525. The van der Waals surface area contributed by atoms with Gasteiger partial charge in [0.15, 0.2) is 0 Å². The number of rotatable bonds is 3. The van der Waals surface area contributed by atoms with Crippen LogP contribution in [0.3, 0.4) is 0 Å². The lowest BCUT2D eigenvalue weighted by Crippen LogP contribution is -2.46. The summed E-state index contributed by atoms with van der Waals surface area (Å²) in [5, 5.41) is 11.7. The Hall–Kier alpha value is -3.26. The Labute approximate surface area is 165 Å². The van der Waals surface area contributed by atoms with Crippen molar-refractivity contribution < 1.29 is 9.72 Å². The highest BCUT2D eigenvalue weighted by atomic mass is 35.5. The van der Waals surface area contributed by atoms with Gasteiger partial charge >= 0.3 is 0 Å². The maximum atomic E-state index is 11.1. The zero-order chi connectivity index (χ0) is 19.7. The van der Waals surface area contributed by atoms with E-state index < -0.39 is 4.92 Å². The molecule has 0 radical (unpaired) electrons. The van der Waals surface area contributed by atoms with Crippen molar-refractivity contribution in [3.63, 3.8) is 0 Å². The average Bonchev–Trinajstić information content (AvgIpc) is 2.70. The molecule has 0 saturated carbocycles. The molecule has 0 unspecified atom stereocenters. The van der Waals surface area contributed by atoms with Crippen molar-refractivity contribution in [2.45, 2.75) is 0 Å². The Kier molecular flexibility index (Phi) is 4.79. The topological polar surface area (TPSA) is 92.5 Å². The Morgan fingerprint density at radius 2 is 1.68 bits per heavy atom. The maximum absolute atomic E-state index is 11.1. The summed E-state index contributed by atoms with van der Waals surface area (Å²) in [5.74, 6) is 0.621. The molecule has 28 heavy (non-hydrogen) atoms. The molecule has 5 rings (SSSR count). The van der Waals surface area contributed by atoms with Gasteiger partial charge in [-0.15, -0.1) is 0 Å². The smallest absolute Gasteiger partial charge is 0.288 e. The molecule has 0 N–H and O–H groups in total. The summed E-state index contributed by atoms with van der Waals surface area (Å²) in [5.41, 5.74) is 3.24. The Morgan fingerprint density at radius 3 is 2.18 bits per heavy atom. The van der Waals surface area contributed by atoms with Crippen LogP contribution in [0.15, 0.2) is 42.7 Å². The van der Waals surface area contributed by atoms with E-state index in [-0.39, 0.29) is 10.7 Å². The lowest BCUT2D eigenvalue weighted by atomic mass is 9.95. The van der Waals surface area contributed by atoms with Crippen LogP contribution < -0.4 is 4.90 Å². The molecule has 1 aromatic heterocycles. The highest BCUT2D eigenvalue weighted by Crippen LogP contribution is 2.33. The zero-order valence-corrected chi connectivity index (χ0v) is 15.5. The molecule has 1 aliphatic heterocycles. The van der Waals surface area contributed by atoms with Crippen molar-refractivity contribution in [3.8, 4) is 11.1 Å². The van der Waals surface area contributed by atoms with Gasteiger partial charge in [0.2, 0.25) is 6.41 Å². The van der Waals surface area contributed by atoms with E-state index in [2.05, 4.69) is 34.2 Å². The number of piperazine rings is 1. The molecule has 2 heterocycles. The predicted molar refractivity (Wildman–Crippen MR) is 106 cm³/mol. The number of fused-ring (bicyclic) bond motifs is 2. The van der Waals surface area contributed by atoms with Crippen molar-refractivity contribution >= 4 is 40.4 Å². The Bertz CT molecular complexity index is 1030. The second kappa shape index (κ2) is 7.40. The van der Waals surface area contributed by atoms with Gasteiger partial charge in [0.05, 0.1) is 10.4 Å². The summed E-state index contributed by atoms with van der Waals surface area (Å²) in [6.07, 6.45) is 2.23. The molecular formula is C19H16ClN5O3. The van der Waals surface area contributed by atoms with Gasteiger partial charge in [0, 0.05) is 37.6 Å². The van der Waals surface area contributed by atoms with Gasteiger partial charge in [0.1, 0.15) is 17.2 Å². The molecule has 1 amide bonds. The van der Waals surface area contributed by atoms with Gasteiger partial charge in [0.25, 0.3) is 5.69 Å². The largest absolute Gasteiger partial charge is 0.352 e. The normalized spacial score (nSPS) is 14.3. The van der Waals surface area contributed by atoms with Gasteiger partial charge < -0.3 is 9.80 Å². The van der Waals surface area contributed by atoms with E-state index in [0.717, 1.165) is 6.41 Å². The molecule has 1 saturated heterocycles. The molecule has 8 nitrogen and oxygen atoms in total. The second-order valence-corrected chi connectivity index (χ2v) is 6.89. The predicted octanol–water partition coefficient (Wildman–Crippen LogP) is 3.14. The minimum absolute atomic E-state index is 0.0490. The first-order valence-corrected chi connectivity index (χ1v) is 9.08. The quantitative estimate of drug-likeness (QED) is 0.299. The monoisotopic (exact) mass is 397 g/mol. The van der Waals surface area contributed by atoms with Crippen molar-refractivity contribution in [1.82, 2.24) is 14.9 Å². The van der Waals surface area contributed by atoms with Crippen LogP contribution >= 0.6 is 11.6 Å². The van der Waals surface area contributed by atoms with Gasteiger partial charge in [-0.3, -0.25) is 14.9 Å². The fourth-order valence-electron chi connectivity index (χ4n) is 3.15. The van der Waals surface area contributed by atoms with E-state index in [0.29, 0.717) is 42.9 Å². The summed E-state index contributed by atoms with van der Waals surface area (Å²) >= 11 is 5.91. The summed E-state index contributed by atoms with van der Waals surface area (Å²) in [4.78, 5) is 33.3. The lowest BCUT2D eigenvalue weighted by molar-refractivity contribution is -0.384. The number of nitrogens with zero attached hydrogens (tertiary/aromatic N) is 5. The molecule has 1 fully saturated rings. The average molecular weight is 398 g/mol. The zero-order valence-electron chi connectivity index (χ0n) is 14.8. The van der Waals surface area contributed by atoms with E-state index in [1.807, 2.05) is 4.90 Å². The number of halogens is 1. The van der Waals surface area contributed by atoms with Crippen molar-refractivity contribution in [3.05, 3.63) is 57.9 Å². The van der Waals surface area contributed by atoms with Crippen LogP contribution in [0.1, 0.15) is 0 Å². The first-order valence-electron chi connectivity index (χ1n) is 8.70. The number of carbonyl (C=O) groups is 1. The van der Waals surface area contributed by atoms with Crippen LogP contribution in [0.5, 0.6) is 0 Å². The van der Waals surface area contributed by atoms with Crippen molar-refractivity contribution in [1.29, 1.82) is 0 Å². The van der Waals surface area contributed by atoms with E-state index in [1.165, 1.54) is 29.6 Å². The van der Waals surface area contributed by atoms with Crippen LogP contribution in [0.4, 0.5) is 11.5 Å². The van der Waals surface area contributed by atoms with Crippen molar-refractivity contribution in [2.75, 3.05) is 31.1 Å². The fourth-order valence-corrected chi connectivity index (χ4v) is 3.37. The van der Waals surface area contributed by atoms with Gasteiger partial charge in [-0.2, -0.15) is 0 Å². The lowest BCUT2D eigenvalue weighted by Gasteiger charge is -2.33. The number of anilines is 1. The minimum Gasteiger partial charge on any atom is -0.352 e. The summed E-state index contributed by atoms with van der Waals surface area (Å²) < 4.78 is 0. The van der Waals surface area contributed by atoms with Crippen molar-refractivity contribution in [2.24, 2.45) is 0 Å². The van der Waals surface area contributed by atoms with Crippen LogP contribution in [-0.2, 0) is 4.79 Å². The Balaban J connectivity index is 0.000000268. The Morgan fingerprint density at radius 1 is 1.04 bits per heavy atom. The van der Waals surface area contributed by atoms with E-state index in [9.17, 15) is 14.9 Å². The third-order valence-electron chi connectivity index (χ3n) is 4.86. The maximum Gasteiger partial charge on any atom is 0.288 e. The summed E-state index contributed by atoms with van der Waals surface area (Å²) in [7, 11) is 0. The van der Waals surface area contributed by atoms with Crippen LogP contribution in [0, 0.1) is 10.1 Å². The molecule has 2 aromatic rings. The molecule has 0 spiro atoms. The van der Waals surface area contributed by atoms with E-state index >= 15 is 0 Å². The van der Waals surface area contributed by atoms with Crippen LogP contribution in [0.2, 0.25) is 5.02 Å². The van der Waals surface area contributed by atoms with Gasteiger partial charge in [-0.1, -0.05) is 35.9 Å². The molecule has 9 heteroatoms. The number of nitro groups is 1. The van der Waals surface area contributed by atoms with Crippen LogP contribution in [0.25, 0.3) is 22.0 Å². The molecule has 3 aliphatic rings. The van der Waals surface area contributed by atoms with E-state index in [4.69, 9.17) is 11.6 Å². The number of hydrogen-bond donors (Lipinski definition) is 0. The molecule has 1 aromatic carbocycles. The summed E-state index contributed by atoms with van der Waals surface area (Å²) in [6, 6.07) is 11.4. The number of nitro benzene ring substituents is 1. The third-order valence-corrected chi connectivity index (χ3v) is 5.16. The number of carbonyl (C=O) groups excluding carboxylic acids is 1. The molecule has 142 valence electrons. The van der Waals surface area contributed by atoms with Gasteiger partial charge in [-0.05, 0) is 17.2 Å². The highest BCUT2D eigenvalue weighted by molar-refractivity contribution is 6.33.